The van der Waals surface area contributed by atoms with E-state index in [0.717, 1.165) is 11.8 Å². The van der Waals surface area contributed by atoms with E-state index < -0.39 is 0 Å². The third kappa shape index (κ3) is 4.70. The average Bonchev–Trinajstić information content (AvgIpc) is 2.25. The lowest BCUT2D eigenvalue weighted by Crippen LogP contribution is -2.28. The van der Waals surface area contributed by atoms with E-state index in [4.69, 9.17) is 0 Å². The highest BCUT2D eigenvalue weighted by atomic mass is 32.2. The van der Waals surface area contributed by atoms with E-state index in [2.05, 4.69) is 18.5 Å². The summed E-state index contributed by atoms with van der Waals surface area (Å²) in [5.41, 5.74) is 0. The molecule has 0 amide bonds. The van der Waals surface area contributed by atoms with Gasteiger partial charge >= 0.3 is 0 Å². The largest absolute Gasteiger partial charge is 0.316 e. The highest BCUT2D eigenvalue weighted by Gasteiger charge is 2.19. The second-order valence-corrected chi connectivity index (χ2v) is 5.49. The Morgan fingerprint density at radius 1 is 1.29 bits per heavy atom. The summed E-state index contributed by atoms with van der Waals surface area (Å²) in [5, 5.41) is 3.58. The van der Waals surface area contributed by atoms with Crippen molar-refractivity contribution in [3.8, 4) is 0 Å². The summed E-state index contributed by atoms with van der Waals surface area (Å²) in [6, 6.07) is 0. The number of thioether (sulfide) groups is 1. The van der Waals surface area contributed by atoms with Crippen LogP contribution in [0.25, 0.3) is 0 Å². The lowest BCUT2D eigenvalue weighted by molar-refractivity contribution is 0.255. The molecule has 1 N–H and O–H groups in total. The van der Waals surface area contributed by atoms with Crippen LogP contribution in [0.1, 0.15) is 39.0 Å². The molecule has 1 aliphatic rings. The average molecular weight is 215 g/mol. The number of nitrogens with one attached hydrogen (secondary N) is 1. The van der Waals surface area contributed by atoms with Gasteiger partial charge in [0, 0.05) is 12.3 Å². The first-order valence-corrected chi connectivity index (χ1v) is 7.45. The quantitative estimate of drug-likeness (QED) is 0.683. The van der Waals surface area contributed by atoms with Crippen LogP contribution in [0.4, 0.5) is 0 Å². The molecule has 2 unspecified atom stereocenters. The van der Waals surface area contributed by atoms with Gasteiger partial charge in [-0.3, -0.25) is 0 Å². The molecule has 0 aromatic rings. The van der Waals surface area contributed by atoms with Crippen molar-refractivity contribution in [2.75, 3.05) is 25.1 Å². The first kappa shape index (κ1) is 12.4. The molecule has 0 spiro atoms. The highest BCUT2D eigenvalue weighted by molar-refractivity contribution is 7.98. The first-order chi connectivity index (χ1) is 6.86. The van der Waals surface area contributed by atoms with E-state index in [1.165, 1.54) is 50.9 Å². The monoisotopic (exact) mass is 215 g/mol. The second kappa shape index (κ2) is 7.58. The maximum absolute atomic E-state index is 3.58. The van der Waals surface area contributed by atoms with Crippen molar-refractivity contribution in [2.24, 2.45) is 11.8 Å². The van der Waals surface area contributed by atoms with E-state index in [-0.39, 0.29) is 0 Å². The maximum Gasteiger partial charge on any atom is 0.00553 e. The fourth-order valence-electron chi connectivity index (χ4n) is 2.44. The van der Waals surface area contributed by atoms with Gasteiger partial charge in [-0.25, -0.2) is 0 Å². The van der Waals surface area contributed by atoms with Gasteiger partial charge in [0.25, 0.3) is 0 Å². The summed E-state index contributed by atoms with van der Waals surface area (Å²) in [5.74, 6) is 3.25. The van der Waals surface area contributed by atoms with Crippen LogP contribution in [0.15, 0.2) is 0 Å². The Morgan fingerprint density at radius 3 is 2.79 bits per heavy atom. The molecule has 1 nitrogen and oxygen atoms in total. The number of hydrogen-bond acceptors (Lipinski definition) is 2. The molecule has 1 fully saturated rings. The van der Waals surface area contributed by atoms with Crippen molar-refractivity contribution < 1.29 is 0 Å². The Balaban J connectivity index is 2.05. The molecule has 0 aromatic carbocycles. The van der Waals surface area contributed by atoms with Gasteiger partial charge in [-0.05, 0) is 37.5 Å². The molecule has 0 radical (unpaired) electrons. The zero-order chi connectivity index (χ0) is 10.2. The Labute approximate surface area is 93.4 Å². The Hall–Kier alpha value is 0.310. The van der Waals surface area contributed by atoms with Gasteiger partial charge < -0.3 is 5.32 Å². The summed E-state index contributed by atoms with van der Waals surface area (Å²) in [7, 11) is 0. The van der Waals surface area contributed by atoms with Crippen molar-refractivity contribution in [1.29, 1.82) is 0 Å². The molecule has 2 atom stereocenters. The summed E-state index contributed by atoms with van der Waals surface area (Å²) in [6.07, 6.45) is 9.45. The summed E-state index contributed by atoms with van der Waals surface area (Å²) in [6.45, 7) is 4.79. The third-order valence-electron chi connectivity index (χ3n) is 3.38. The predicted molar refractivity (Wildman–Crippen MR) is 67.0 cm³/mol. The lowest BCUT2D eigenvalue weighted by atomic mass is 9.80. The van der Waals surface area contributed by atoms with Crippen LogP contribution < -0.4 is 5.32 Å². The molecule has 0 bridgehead atoms. The first-order valence-electron chi connectivity index (χ1n) is 6.06. The van der Waals surface area contributed by atoms with Gasteiger partial charge in [0.05, 0.1) is 0 Å². The van der Waals surface area contributed by atoms with Crippen LogP contribution in [-0.4, -0.2) is 25.1 Å². The van der Waals surface area contributed by atoms with Gasteiger partial charge in [0.2, 0.25) is 0 Å². The van der Waals surface area contributed by atoms with E-state index in [9.17, 15) is 0 Å². The summed E-state index contributed by atoms with van der Waals surface area (Å²) < 4.78 is 0. The van der Waals surface area contributed by atoms with Gasteiger partial charge in [-0.15, -0.1) is 0 Å². The van der Waals surface area contributed by atoms with Crippen LogP contribution in [0.5, 0.6) is 0 Å². The zero-order valence-corrected chi connectivity index (χ0v) is 10.5. The van der Waals surface area contributed by atoms with E-state index in [0.29, 0.717) is 0 Å². The molecule has 84 valence electrons. The van der Waals surface area contributed by atoms with Gasteiger partial charge in [-0.1, -0.05) is 26.2 Å². The summed E-state index contributed by atoms with van der Waals surface area (Å²) in [4.78, 5) is 0. The minimum absolute atomic E-state index is 0.968. The van der Waals surface area contributed by atoms with Gasteiger partial charge in [0.15, 0.2) is 0 Å². The van der Waals surface area contributed by atoms with Crippen LogP contribution in [0, 0.1) is 11.8 Å². The molecule has 0 aromatic heterocycles. The molecule has 1 saturated carbocycles. The van der Waals surface area contributed by atoms with Crippen LogP contribution in [-0.2, 0) is 0 Å². The molecule has 0 aliphatic heterocycles. The van der Waals surface area contributed by atoms with Crippen LogP contribution in [0.3, 0.4) is 0 Å². The molecule has 0 heterocycles. The van der Waals surface area contributed by atoms with E-state index >= 15 is 0 Å². The van der Waals surface area contributed by atoms with Gasteiger partial charge in [0.1, 0.15) is 0 Å². The fourth-order valence-corrected chi connectivity index (χ4v) is 2.79. The molecular weight excluding hydrogens is 190 g/mol. The minimum atomic E-state index is 0.968. The normalized spacial score (nSPS) is 27.9. The Kier molecular flexibility index (Phi) is 6.70. The third-order valence-corrected chi connectivity index (χ3v) is 4.00. The smallest absolute Gasteiger partial charge is 0.00553 e. The van der Waals surface area contributed by atoms with E-state index in [1.54, 1.807) is 0 Å². The fraction of sp³-hybridized carbons (Fsp3) is 1.00. The van der Waals surface area contributed by atoms with Crippen LogP contribution >= 0.6 is 11.8 Å². The lowest BCUT2D eigenvalue weighted by Gasteiger charge is -2.28. The highest BCUT2D eigenvalue weighted by Crippen LogP contribution is 2.30. The van der Waals surface area contributed by atoms with E-state index in [1.807, 2.05) is 11.8 Å². The standard InChI is InChI=1S/C12H25NS/c1-3-11-5-4-6-12(9-11)10-13-7-8-14-2/h11-13H,3-10H2,1-2H3. The predicted octanol–water partition coefficient (Wildman–Crippen LogP) is 3.16. The molecule has 14 heavy (non-hydrogen) atoms. The van der Waals surface area contributed by atoms with Gasteiger partial charge in [-0.2, -0.15) is 11.8 Å². The molecular formula is C12H25NS. The van der Waals surface area contributed by atoms with Crippen molar-refractivity contribution >= 4 is 11.8 Å². The minimum Gasteiger partial charge on any atom is -0.316 e. The molecule has 2 heteroatoms. The molecule has 1 rings (SSSR count). The Bertz CT molecular complexity index is 138. The zero-order valence-electron chi connectivity index (χ0n) is 9.72. The van der Waals surface area contributed by atoms with Crippen molar-refractivity contribution in [1.82, 2.24) is 5.32 Å². The number of hydrogen-bond donors (Lipinski definition) is 1. The Morgan fingerprint density at radius 2 is 2.07 bits per heavy atom. The molecule has 0 saturated heterocycles. The molecule has 1 aliphatic carbocycles. The summed E-state index contributed by atoms with van der Waals surface area (Å²) >= 11 is 1.93. The van der Waals surface area contributed by atoms with Crippen molar-refractivity contribution in [2.45, 2.75) is 39.0 Å². The van der Waals surface area contributed by atoms with Crippen molar-refractivity contribution in [3.63, 3.8) is 0 Å². The number of rotatable bonds is 6. The topological polar surface area (TPSA) is 12.0 Å². The maximum atomic E-state index is 3.58. The van der Waals surface area contributed by atoms with Crippen molar-refractivity contribution in [3.05, 3.63) is 0 Å². The second-order valence-electron chi connectivity index (χ2n) is 4.50. The SMILES string of the molecule is CCC1CCCC(CNCCSC)C1. The van der Waals surface area contributed by atoms with Crippen LogP contribution in [0.2, 0.25) is 0 Å².